The summed E-state index contributed by atoms with van der Waals surface area (Å²) in [5.74, 6) is -1.40. The molecule has 0 fully saturated rings. The number of halogens is 1. The molecule has 0 bridgehead atoms. The lowest BCUT2D eigenvalue weighted by atomic mass is 10.1. The molecular weight excluding hydrogens is 594 g/mol. The van der Waals surface area contributed by atoms with E-state index in [2.05, 4.69) is 0 Å². The van der Waals surface area contributed by atoms with Gasteiger partial charge in [-0.3, -0.25) is 14.1 Å². The lowest BCUT2D eigenvalue weighted by molar-refractivity contribution is -0.647. The third kappa shape index (κ3) is 6.63. The molecule has 0 aliphatic carbocycles. The van der Waals surface area contributed by atoms with Gasteiger partial charge in [-0.05, 0) is 66.5 Å². The molecule has 0 unspecified atom stereocenters. The molecule has 2 N–H and O–H groups in total. The van der Waals surface area contributed by atoms with Crippen molar-refractivity contribution in [3.05, 3.63) is 56.1 Å². The Morgan fingerprint density at radius 3 is 2.47 bits per heavy atom. The molecule has 15 heteroatoms. The maximum atomic E-state index is 13.8. The van der Waals surface area contributed by atoms with Gasteiger partial charge in [-0.15, -0.1) is 0 Å². The summed E-state index contributed by atoms with van der Waals surface area (Å²) in [6.07, 6.45) is 5.07. The van der Waals surface area contributed by atoms with E-state index < -0.39 is 37.1 Å². The number of rotatable bonds is 8. The number of thiophene rings is 1. The van der Waals surface area contributed by atoms with Gasteiger partial charge in [-0.1, -0.05) is 30.0 Å². The van der Waals surface area contributed by atoms with Crippen LogP contribution in [0.5, 0.6) is 0 Å². The number of carbonyl (C=O) groups is 1. The number of hydrogen-bond acceptors (Lipinski definition) is 9. The van der Waals surface area contributed by atoms with E-state index in [0.29, 0.717) is 26.0 Å². The molecule has 1 aromatic carbocycles. The minimum Gasteiger partial charge on any atom is -0.325 e. The molecule has 0 atom stereocenters. The zero-order valence-corrected chi connectivity index (χ0v) is 24.9. The van der Waals surface area contributed by atoms with E-state index in [-0.39, 0.29) is 6.54 Å². The number of fused-ring (bicyclic) bond motifs is 2. The lowest BCUT2D eigenvalue weighted by Crippen LogP contribution is -2.38. The van der Waals surface area contributed by atoms with E-state index in [1.165, 1.54) is 33.7 Å². The van der Waals surface area contributed by atoms with Crippen LogP contribution >= 0.6 is 34.4 Å². The van der Waals surface area contributed by atoms with Crippen molar-refractivity contribution >= 4 is 81.8 Å². The summed E-state index contributed by atoms with van der Waals surface area (Å²) in [5.41, 5.74) is 3.64. The second kappa shape index (κ2) is 10.7. The highest BCUT2D eigenvalue weighted by Crippen LogP contribution is 2.47. The summed E-state index contributed by atoms with van der Waals surface area (Å²) >= 11 is 3.43. The highest BCUT2D eigenvalue weighted by Gasteiger charge is 2.30. The van der Waals surface area contributed by atoms with E-state index >= 15 is 0 Å². The molecule has 0 radical (unpaired) electrons. The molecule has 0 spiro atoms. The molecule has 204 valence electrons. The monoisotopic (exact) mass is 618 g/mol. The summed E-state index contributed by atoms with van der Waals surface area (Å²) in [4.78, 5) is 15.6. The number of thioether (sulfide) groups is 1. The number of carbonyl (C=O) groups excluding carboxylic acids is 1. The summed E-state index contributed by atoms with van der Waals surface area (Å²) in [6.45, 7) is 5.62. The molecule has 0 saturated heterocycles. The van der Waals surface area contributed by atoms with Crippen molar-refractivity contribution in [1.29, 1.82) is 0 Å². The number of hydrogen-bond donors (Lipinski definition) is 2. The minimum atomic E-state index is -4.40. The van der Waals surface area contributed by atoms with Gasteiger partial charge in [0.1, 0.15) is 11.2 Å². The molecule has 0 saturated carbocycles. The molecule has 4 rings (SSSR count). The molecule has 9 nitrogen and oxygen atoms in total. The first-order valence-electron chi connectivity index (χ1n) is 11.2. The van der Waals surface area contributed by atoms with Gasteiger partial charge >= 0.3 is 10.1 Å². The molecule has 3 heterocycles. The Hall–Kier alpha value is -2.30. The van der Waals surface area contributed by atoms with Crippen LogP contribution in [0, 0.1) is 19.0 Å². The minimum absolute atomic E-state index is 0.227. The van der Waals surface area contributed by atoms with E-state index in [1.807, 2.05) is 43.7 Å². The number of aromatic nitrogens is 1. The average Bonchev–Trinajstić information content (AvgIpc) is 3.38. The summed E-state index contributed by atoms with van der Waals surface area (Å²) in [6, 6.07) is 5.28. The second-order valence-electron chi connectivity index (χ2n) is 8.74. The largest absolute Gasteiger partial charge is 0.326 e. The molecule has 1 aliphatic rings. The van der Waals surface area contributed by atoms with E-state index in [9.17, 15) is 30.6 Å². The molecular formula is C23H25FN3O6S5+. The zero-order valence-electron chi connectivity index (χ0n) is 20.8. The number of anilines is 1. The molecule has 1 aliphatic heterocycles. The van der Waals surface area contributed by atoms with E-state index in [4.69, 9.17) is 0 Å². The van der Waals surface area contributed by atoms with Crippen LogP contribution < -0.4 is 14.2 Å². The number of nitrogens with one attached hydrogen (secondary N) is 1. The van der Waals surface area contributed by atoms with Crippen molar-refractivity contribution in [2.45, 2.75) is 38.0 Å². The quantitative estimate of drug-likeness (QED) is 0.285. The van der Waals surface area contributed by atoms with E-state index in [0.717, 1.165) is 44.9 Å². The predicted molar refractivity (Wildman–Crippen MR) is 150 cm³/mol. The number of allylic oxidation sites excluding steroid dienone is 2. The highest BCUT2D eigenvalue weighted by atomic mass is 32.2. The van der Waals surface area contributed by atoms with Gasteiger partial charge in [0.05, 0.1) is 17.0 Å². The Labute approximate surface area is 232 Å². The van der Waals surface area contributed by atoms with Gasteiger partial charge in [0.15, 0.2) is 5.13 Å². The SMILES string of the molecule is CCC(/C=C1\Sc2cc(C)c(C)cc2N1CC(=O)NS(C)(=O)=O)=C\c1sc2cc(F)sc2[n+]1CS(=O)(=O)O. The predicted octanol–water partition coefficient (Wildman–Crippen LogP) is 4.17. The number of benzene rings is 1. The maximum absolute atomic E-state index is 13.8. The Bertz CT molecular complexity index is 1720. The van der Waals surface area contributed by atoms with Crippen LogP contribution in [0.4, 0.5) is 10.1 Å². The van der Waals surface area contributed by atoms with Gasteiger partial charge < -0.3 is 4.90 Å². The Balaban J connectivity index is 1.78. The number of amides is 1. The van der Waals surface area contributed by atoms with Gasteiger partial charge in [-0.25, -0.2) is 8.42 Å². The summed E-state index contributed by atoms with van der Waals surface area (Å²) in [5, 5.41) is 0.732. The third-order valence-electron chi connectivity index (χ3n) is 5.64. The topological polar surface area (TPSA) is 125 Å². The average molecular weight is 619 g/mol. The van der Waals surface area contributed by atoms with Crippen LogP contribution in [-0.2, 0) is 30.8 Å². The number of sulfonamides is 1. The van der Waals surface area contributed by atoms with Crippen molar-refractivity contribution < 1.29 is 35.1 Å². The highest BCUT2D eigenvalue weighted by molar-refractivity contribution is 8.03. The number of nitrogens with zero attached hydrogens (tertiary/aromatic N) is 2. The fourth-order valence-corrected chi connectivity index (χ4v) is 8.52. The normalized spacial score (nSPS) is 15.5. The fraction of sp³-hybridized carbons (Fsp3) is 0.304. The molecule has 3 aromatic rings. The van der Waals surface area contributed by atoms with Gasteiger partial charge in [0.2, 0.25) is 10.0 Å². The lowest BCUT2D eigenvalue weighted by Gasteiger charge is -2.20. The maximum Gasteiger partial charge on any atom is 0.326 e. The smallest absolute Gasteiger partial charge is 0.325 e. The van der Waals surface area contributed by atoms with Crippen LogP contribution in [0.15, 0.2) is 39.8 Å². The molecule has 38 heavy (non-hydrogen) atoms. The van der Waals surface area contributed by atoms with Crippen molar-refractivity contribution in [2.24, 2.45) is 0 Å². The third-order valence-corrected chi connectivity index (χ3v) is 10.1. The Morgan fingerprint density at radius 1 is 1.16 bits per heavy atom. The Morgan fingerprint density at radius 2 is 1.84 bits per heavy atom. The first-order valence-corrected chi connectivity index (χ1v) is 17.1. The molecule has 2 aromatic heterocycles. The second-order valence-corrected chi connectivity index (χ2v) is 15.0. The van der Waals surface area contributed by atoms with Crippen LogP contribution in [0.2, 0.25) is 0 Å². The van der Waals surface area contributed by atoms with Crippen molar-refractivity contribution in [2.75, 3.05) is 17.7 Å². The number of aryl methyl sites for hydroxylation is 2. The van der Waals surface area contributed by atoms with Crippen LogP contribution in [0.25, 0.3) is 15.6 Å². The van der Waals surface area contributed by atoms with Crippen molar-refractivity contribution in [3.8, 4) is 0 Å². The van der Waals surface area contributed by atoms with Gasteiger partial charge in [0, 0.05) is 17.0 Å². The van der Waals surface area contributed by atoms with Crippen molar-refractivity contribution in [1.82, 2.24) is 4.72 Å². The fourth-order valence-electron chi connectivity index (χ4n) is 3.83. The molecule has 1 amide bonds. The van der Waals surface area contributed by atoms with Crippen LogP contribution in [-0.4, -0.2) is 40.1 Å². The van der Waals surface area contributed by atoms with E-state index in [1.54, 1.807) is 11.0 Å². The standard InChI is InChI=1S/C23H24FN3O6S5/c1-5-15(9-22-27(12-38(31,32)33)23-18(35-22)10-19(24)36-23)8-21-26(11-20(28)25-37(4,29)30)16-6-13(2)14(3)7-17(16)34-21/h6-10H,5,11-12H2,1-4H3,(H-,25,28,31,32,33)/p+1. The first-order chi connectivity index (χ1) is 17.6. The Kier molecular flexibility index (Phi) is 8.08. The van der Waals surface area contributed by atoms with Crippen LogP contribution in [0.1, 0.15) is 29.5 Å². The van der Waals surface area contributed by atoms with Crippen LogP contribution in [0.3, 0.4) is 0 Å². The van der Waals surface area contributed by atoms with Crippen molar-refractivity contribution in [3.63, 3.8) is 0 Å². The summed E-state index contributed by atoms with van der Waals surface area (Å²) in [7, 11) is -8.13. The van der Waals surface area contributed by atoms with Gasteiger partial charge in [0.25, 0.3) is 21.6 Å². The van der Waals surface area contributed by atoms with Gasteiger partial charge in [-0.2, -0.15) is 17.4 Å². The summed E-state index contributed by atoms with van der Waals surface area (Å²) < 4.78 is 73.8. The first kappa shape index (κ1) is 28.7. The zero-order chi connectivity index (χ0) is 28.0. The number of thiazole rings is 1.